The number of anilines is 1. The van der Waals surface area contributed by atoms with Gasteiger partial charge in [0.15, 0.2) is 0 Å². The van der Waals surface area contributed by atoms with Crippen LogP contribution in [0.3, 0.4) is 0 Å². The molecule has 0 bridgehead atoms. The molecule has 0 unspecified atom stereocenters. The van der Waals surface area contributed by atoms with Crippen LogP contribution >= 0.6 is 11.8 Å². The molecule has 0 radical (unpaired) electrons. The predicted molar refractivity (Wildman–Crippen MR) is 143 cm³/mol. The Labute approximate surface area is 218 Å². The number of nitrogens with one attached hydrogen (secondary N) is 1. The first-order chi connectivity index (χ1) is 17.7. The number of aliphatic hydroxyl groups is 3. The molecule has 0 saturated carbocycles. The van der Waals surface area contributed by atoms with Gasteiger partial charge in [0, 0.05) is 50.0 Å². The van der Waals surface area contributed by atoms with Crippen molar-refractivity contribution >= 4 is 28.5 Å². The van der Waals surface area contributed by atoms with Gasteiger partial charge in [0.05, 0.1) is 23.3 Å². The molecule has 11 heteroatoms. The first-order valence-corrected chi connectivity index (χ1v) is 13.4. The van der Waals surface area contributed by atoms with Crippen LogP contribution in [-0.2, 0) is 13.5 Å². The number of hydrogen-bond donors (Lipinski definition) is 4. The van der Waals surface area contributed by atoms with Crippen LogP contribution < -0.4 is 5.32 Å². The van der Waals surface area contributed by atoms with E-state index >= 15 is 0 Å². The van der Waals surface area contributed by atoms with Crippen molar-refractivity contribution in [2.45, 2.75) is 31.4 Å². The Bertz CT molecular complexity index is 1390. The summed E-state index contributed by atoms with van der Waals surface area (Å²) in [5.74, 6) is 1.48. The van der Waals surface area contributed by atoms with Crippen LogP contribution in [0.25, 0.3) is 28.0 Å². The number of nitrogens with zero attached hydrogens (tertiary/aromatic N) is 5. The van der Waals surface area contributed by atoms with Gasteiger partial charge in [0.25, 0.3) is 0 Å². The van der Waals surface area contributed by atoms with Gasteiger partial charge in [0.2, 0.25) is 0 Å². The zero-order chi connectivity index (χ0) is 26.2. The molecule has 1 saturated heterocycles. The van der Waals surface area contributed by atoms with Crippen LogP contribution in [-0.4, -0.2) is 76.8 Å². The van der Waals surface area contributed by atoms with Gasteiger partial charge in [-0.05, 0) is 60.6 Å². The maximum Gasteiger partial charge on any atom is 0.346 e. The molecule has 0 amide bonds. The van der Waals surface area contributed by atoms with Crippen molar-refractivity contribution in [3.8, 4) is 16.9 Å². The SMILES string of the molecule is CNc1ccc(-c2ccc3c(CCN(C4CCSCC4)C(O)(O)O)cn(-c4cnn(C)c4)c3n2)cc1F. The zero-order valence-electron chi connectivity index (χ0n) is 20.8. The summed E-state index contributed by atoms with van der Waals surface area (Å²) in [6.07, 6.45) is 4.72. The molecule has 37 heavy (non-hydrogen) atoms. The Morgan fingerprint density at radius 3 is 2.59 bits per heavy atom. The lowest BCUT2D eigenvalue weighted by Crippen LogP contribution is -2.55. The maximum atomic E-state index is 14.5. The Morgan fingerprint density at radius 1 is 1.16 bits per heavy atom. The second-order valence-electron chi connectivity index (χ2n) is 9.30. The molecule has 1 aliphatic heterocycles. The van der Waals surface area contributed by atoms with E-state index in [0.717, 1.165) is 41.0 Å². The highest BCUT2D eigenvalue weighted by atomic mass is 32.2. The van der Waals surface area contributed by atoms with Crippen molar-refractivity contribution in [3.05, 3.63) is 60.3 Å². The van der Waals surface area contributed by atoms with Gasteiger partial charge in [-0.25, -0.2) is 14.3 Å². The second kappa shape index (κ2) is 10.4. The number of aromatic nitrogens is 4. The van der Waals surface area contributed by atoms with Gasteiger partial charge >= 0.3 is 6.10 Å². The maximum absolute atomic E-state index is 14.5. The number of pyridine rings is 1. The van der Waals surface area contributed by atoms with E-state index in [1.807, 2.05) is 54.0 Å². The lowest BCUT2D eigenvalue weighted by Gasteiger charge is -2.38. The summed E-state index contributed by atoms with van der Waals surface area (Å²) in [6.45, 7) is 0.253. The molecule has 1 fully saturated rings. The van der Waals surface area contributed by atoms with Crippen LogP contribution in [0.5, 0.6) is 0 Å². The fourth-order valence-corrected chi connectivity index (χ4v) is 6.03. The Kier molecular flexibility index (Phi) is 7.24. The fraction of sp³-hybridized carbons (Fsp3) is 0.385. The minimum absolute atomic E-state index is 0.117. The van der Waals surface area contributed by atoms with Gasteiger partial charge in [-0.1, -0.05) is 6.07 Å². The zero-order valence-corrected chi connectivity index (χ0v) is 21.6. The minimum atomic E-state index is -2.89. The van der Waals surface area contributed by atoms with Crippen LogP contribution in [0, 0.1) is 5.82 Å². The van der Waals surface area contributed by atoms with E-state index in [2.05, 4.69) is 10.4 Å². The standard InChI is InChI=1S/C26H31FN6O3S/c1-28-24-5-3-17(13-22(24)27)23-6-4-21-18(15-32(25(21)30-23)20-14-29-31(2)16-20)7-10-33(26(34,35)36)19-8-11-37-12-9-19/h3-6,13-16,19,28,34-36H,7-12H2,1-2H3. The topological polar surface area (TPSA) is 112 Å². The molecular weight excluding hydrogens is 495 g/mol. The number of halogens is 1. The van der Waals surface area contributed by atoms with E-state index in [9.17, 15) is 19.7 Å². The highest BCUT2D eigenvalue weighted by Crippen LogP contribution is 2.30. The molecule has 196 valence electrons. The van der Waals surface area contributed by atoms with E-state index in [1.165, 1.54) is 11.0 Å². The van der Waals surface area contributed by atoms with Crippen molar-refractivity contribution in [1.29, 1.82) is 0 Å². The quantitative estimate of drug-likeness (QED) is 0.260. The van der Waals surface area contributed by atoms with Crippen LogP contribution in [0.1, 0.15) is 18.4 Å². The van der Waals surface area contributed by atoms with Crippen molar-refractivity contribution in [1.82, 2.24) is 24.2 Å². The molecule has 9 nitrogen and oxygen atoms in total. The molecule has 1 aromatic carbocycles. The first-order valence-electron chi connectivity index (χ1n) is 12.2. The molecule has 1 aliphatic rings. The normalized spacial score (nSPS) is 15.1. The third kappa shape index (κ3) is 5.36. The number of benzene rings is 1. The molecule has 0 aliphatic carbocycles. The summed E-state index contributed by atoms with van der Waals surface area (Å²) in [4.78, 5) is 6.26. The van der Waals surface area contributed by atoms with Gasteiger partial charge in [-0.3, -0.25) is 9.25 Å². The predicted octanol–water partition coefficient (Wildman–Crippen LogP) is 2.94. The van der Waals surface area contributed by atoms with Crippen molar-refractivity contribution < 1.29 is 19.7 Å². The third-order valence-corrected chi connectivity index (χ3v) is 7.93. The van der Waals surface area contributed by atoms with Gasteiger partial charge < -0.3 is 20.6 Å². The van der Waals surface area contributed by atoms with Gasteiger partial charge in [0.1, 0.15) is 11.5 Å². The molecule has 0 spiro atoms. The van der Waals surface area contributed by atoms with Crippen LogP contribution in [0.4, 0.5) is 10.1 Å². The van der Waals surface area contributed by atoms with Crippen molar-refractivity contribution in [2.75, 3.05) is 30.4 Å². The monoisotopic (exact) mass is 526 g/mol. The van der Waals surface area contributed by atoms with E-state index in [0.29, 0.717) is 29.0 Å². The molecule has 3 aromatic heterocycles. The fourth-order valence-electron chi connectivity index (χ4n) is 4.95. The second-order valence-corrected chi connectivity index (χ2v) is 10.5. The van der Waals surface area contributed by atoms with Crippen LogP contribution in [0.15, 0.2) is 48.9 Å². The molecule has 5 rings (SSSR count). The Hall–Kier alpha value is -2.96. The summed E-state index contributed by atoms with van der Waals surface area (Å²) >= 11 is 1.83. The lowest BCUT2D eigenvalue weighted by molar-refractivity contribution is -0.401. The highest BCUT2D eigenvalue weighted by Gasteiger charge is 2.36. The largest absolute Gasteiger partial charge is 0.386 e. The molecule has 4 aromatic rings. The molecule has 4 heterocycles. The number of thioether (sulfide) groups is 1. The van der Waals surface area contributed by atoms with E-state index in [4.69, 9.17) is 4.98 Å². The van der Waals surface area contributed by atoms with Crippen molar-refractivity contribution in [2.24, 2.45) is 7.05 Å². The lowest BCUT2D eigenvalue weighted by atomic mass is 10.1. The number of rotatable bonds is 8. The third-order valence-electron chi connectivity index (χ3n) is 6.88. The van der Waals surface area contributed by atoms with Crippen LogP contribution in [0.2, 0.25) is 0 Å². The van der Waals surface area contributed by atoms with Crippen molar-refractivity contribution in [3.63, 3.8) is 0 Å². The van der Waals surface area contributed by atoms with Gasteiger partial charge in [-0.2, -0.15) is 16.9 Å². The summed E-state index contributed by atoms with van der Waals surface area (Å²) in [7, 11) is 3.51. The number of hydrogen-bond acceptors (Lipinski definition) is 8. The van der Waals surface area contributed by atoms with E-state index in [-0.39, 0.29) is 18.4 Å². The summed E-state index contributed by atoms with van der Waals surface area (Å²) in [5, 5.41) is 38.3. The average Bonchev–Trinajstić information content (AvgIpc) is 3.47. The number of aryl methyl sites for hydroxylation is 1. The summed E-state index contributed by atoms with van der Waals surface area (Å²) in [5.41, 5.74) is 4.15. The van der Waals surface area contributed by atoms with E-state index < -0.39 is 6.10 Å². The minimum Gasteiger partial charge on any atom is -0.386 e. The molecule has 4 N–H and O–H groups in total. The average molecular weight is 527 g/mol. The Morgan fingerprint density at radius 2 is 1.95 bits per heavy atom. The summed E-state index contributed by atoms with van der Waals surface area (Å²) < 4.78 is 18.1. The Balaban J connectivity index is 1.52. The molecule has 0 atom stereocenters. The van der Waals surface area contributed by atoms with E-state index in [1.54, 1.807) is 24.0 Å². The number of fused-ring (bicyclic) bond motifs is 1. The smallest absolute Gasteiger partial charge is 0.346 e. The first kappa shape index (κ1) is 25.7. The summed E-state index contributed by atoms with van der Waals surface area (Å²) in [6, 6.07) is 8.67. The highest BCUT2D eigenvalue weighted by molar-refractivity contribution is 7.99. The van der Waals surface area contributed by atoms with Gasteiger partial charge in [-0.15, -0.1) is 0 Å². The molecular formula is C26H31FN6O3S.